The lowest BCUT2D eigenvalue weighted by Gasteiger charge is -2.51. The van der Waals surface area contributed by atoms with Gasteiger partial charge in [0.25, 0.3) is 0 Å². The number of aliphatic hydroxyl groups is 2. The summed E-state index contributed by atoms with van der Waals surface area (Å²) in [5.41, 5.74) is 1.70. The number of allylic oxidation sites excluding steroid dienone is 1. The molecule has 2 aliphatic carbocycles. The monoisotopic (exact) mass is 291 g/mol. The molecular formula is C17H25NO3. The smallest absolute Gasteiger partial charge is 0.0961 e. The zero-order chi connectivity index (χ0) is 14.8. The lowest BCUT2D eigenvalue weighted by molar-refractivity contribution is -0.140. The molecule has 0 aromatic carbocycles. The maximum Gasteiger partial charge on any atom is 0.0961 e. The summed E-state index contributed by atoms with van der Waals surface area (Å²) >= 11 is 0. The highest BCUT2D eigenvalue weighted by atomic mass is 16.5. The van der Waals surface area contributed by atoms with Crippen molar-refractivity contribution in [1.82, 2.24) is 4.90 Å². The van der Waals surface area contributed by atoms with Crippen LogP contribution in [0.1, 0.15) is 38.5 Å². The summed E-state index contributed by atoms with van der Waals surface area (Å²) < 4.78 is 6.57. The number of hydrogen-bond acceptors (Lipinski definition) is 4. The molecule has 1 saturated carbocycles. The van der Waals surface area contributed by atoms with Gasteiger partial charge in [-0.15, -0.1) is 0 Å². The summed E-state index contributed by atoms with van der Waals surface area (Å²) in [7, 11) is 3.83. The molecule has 0 aromatic heterocycles. The Bertz CT molecular complexity index is 526. The predicted octanol–water partition coefficient (Wildman–Crippen LogP) is 1.38. The fraction of sp³-hybridized carbons (Fsp3) is 0.765. The summed E-state index contributed by atoms with van der Waals surface area (Å²) in [6, 6.07) is -0.247. The van der Waals surface area contributed by atoms with Crippen LogP contribution in [0.2, 0.25) is 0 Å². The number of hydrogen-bond donors (Lipinski definition) is 2. The Morgan fingerprint density at radius 2 is 1.95 bits per heavy atom. The van der Waals surface area contributed by atoms with Crippen molar-refractivity contribution in [1.29, 1.82) is 0 Å². The van der Waals surface area contributed by atoms with Crippen LogP contribution in [-0.4, -0.2) is 58.7 Å². The van der Waals surface area contributed by atoms with Crippen LogP contribution in [0.3, 0.4) is 0 Å². The summed E-state index contributed by atoms with van der Waals surface area (Å²) in [6.07, 6.45) is 9.19. The van der Waals surface area contributed by atoms with Crippen LogP contribution < -0.4 is 0 Å². The fourth-order valence-corrected chi connectivity index (χ4v) is 5.02. The molecule has 5 atom stereocenters. The molecule has 2 N–H and O–H groups in total. The van der Waals surface area contributed by atoms with E-state index >= 15 is 0 Å². The molecule has 0 unspecified atom stereocenters. The van der Waals surface area contributed by atoms with Crippen LogP contribution in [-0.2, 0) is 4.74 Å². The molecule has 4 rings (SSSR count). The molecular weight excluding hydrogens is 266 g/mol. The first-order valence-corrected chi connectivity index (χ1v) is 8.13. The van der Waals surface area contributed by atoms with Crippen molar-refractivity contribution in [2.24, 2.45) is 0 Å². The highest BCUT2D eigenvalue weighted by Crippen LogP contribution is 2.58. The summed E-state index contributed by atoms with van der Waals surface area (Å²) in [6.45, 7) is 0. The van der Waals surface area contributed by atoms with Gasteiger partial charge >= 0.3 is 0 Å². The van der Waals surface area contributed by atoms with Crippen molar-refractivity contribution in [2.45, 2.75) is 68.0 Å². The lowest BCUT2D eigenvalue weighted by atomic mass is 9.71. The van der Waals surface area contributed by atoms with Crippen molar-refractivity contribution >= 4 is 0 Å². The molecule has 116 valence electrons. The van der Waals surface area contributed by atoms with E-state index in [9.17, 15) is 10.2 Å². The quantitative estimate of drug-likeness (QED) is 0.766. The van der Waals surface area contributed by atoms with Gasteiger partial charge in [-0.25, -0.2) is 0 Å². The molecule has 0 aromatic rings. The molecule has 4 nitrogen and oxygen atoms in total. The van der Waals surface area contributed by atoms with Gasteiger partial charge in [0, 0.05) is 6.42 Å². The third-order valence-electron chi connectivity index (χ3n) is 6.01. The van der Waals surface area contributed by atoms with Crippen molar-refractivity contribution < 1.29 is 14.9 Å². The van der Waals surface area contributed by atoms with Crippen LogP contribution >= 0.6 is 0 Å². The van der Waals surface area contributed by atoms with E-state index in [0.717, 1.165) is 31.3 Å². The van der Waals surface area contributed by atoms with Gasteiger partial charge in [0.2, 0.25) is 0 Å². The normalized spacial score (nSPS) is 48.5. The van der Waals surface area contributed by atoms with Crippen LogP contribution in [0.25, 0.3) is 0 Å². The van der Waals surface area contributed by atoms with Gasteiger partial charge in [0.1, 0.15) is 0 Å². The van der Waals surface area contributed by atoms with Crippen molar-refractivity contribution in [3.05, 3.63) is 23.3 Å². The second-order valence-corrected chi connectivity index (χ2v) is 7.41. The molecule has 2 aliphatic heterocycles. The van der Waals surface area contributed by atoms with Gasteiger partial charge in [-0.05, 0) is 57.3 Å². The second-order valence-electron chi connectivity index (χ2n) is 7.41. The highest BCUT2D eigenvalue weighted by molar-refractivity contribution is 5.47. The number of nitrogens with zero attached hydrogens (tertiary/aromatic N) is 1. The molecule has 0 radical (unpaired) electrons. The topological polar surface area (TPSA) is 52.9 Å². The van der Waals surface area contributed by atoms with Crippen molar-refractivity contribution in [3.8, 4) is 0 Å². The minimum Gasteiger partial charge on any atom is -0.391 e. The number of rotatable bonds is 1. The highest BCUT2D eigenvalue weighted by Gasteiger charge is 2.61. The molecule has 2 heterocycles. The zero-order valence-electron chi connectivity index (χ0n) is 12.9. The maximum absolute atomic E-state index is 10.8. The van der Waals surface area contributed by atoms with E-state index in [0.29, 0.717) is 6.42 Å². The van der Waals surface area contributed by atoms with Gasteiger partial charge in [0.15, 0.2) is 0 Å². The fourth-order valence-electron chi connectivity index (χ4n) is 5.02. The molecule has 1 saturated heterocycles. The number of ether oxygens (including phenoxy) is 1. The van der Waals surface area contributed by atoms with E-state index in [1.165, 1.54) is 12.0 Å². The largest absolute Gasteiger partial charge is 0.391 e. The Balaban J connectivity index is 1.80. The van der Waals surface area contributed by atoms with E-state index < -0.39 is 17.8 Å². The molecule has 21 heavy (non-hydrogen) atoms. The first-order chi connectivity index (χ1) is 9.97. The van der Waals surface area contributed by atoms with Crippen LogP contribution in [0, 0.1) is 0 Å². The lowest BCUT2D eigenvalue weighted by Crippen LogP contribution is -2.61. The average Bonchev–Trinajstić information content (AvgIpc) is 2.70. The van der Waals surface area contributed by atoms with Gasteiger partial charge in [0.05, 0.1) is 29.5 Å². The Morgan fingerprint density at radius 1 is 1.19 bits per heavy atom. The number of likely N-dealkylation sites (N-methyl/N-ethyl adjacent to an activating group) is 1. The molecule has 4 aliphatic rings. The second kappa shape index (κ2) is 4.42. The first-order valence-electron chi connectivity index (χ1n) is 8.13. The van der Waals surface area contributed by atoms with Crippen LogP contribution in [0.5, 0.6) is 0 Å². The first kappa shape index (κ1) is 13.9. The standard InChI is InChI=1S/C17H25NO3/c1-18(2)14-13(19)10-17-8-7-16(21-17)6-4-3-5-11(16)9-12(17)15(14)20/h5,9,13-15,19-20H,3-4,6-8,10H2,1-2H3/t13-,14+,15-,16-,17-/m1/s1. The average molecular weight is 291 g/mol. The maximum atomic E-state index is 10.8. The SMILES string of the molecule is CN(C)[C@H]1[C@H](O)C[C@]23CC[C@@]4(CCCC=C4C=C2[C@H]1O)O3. The van der Waals surface area contributed by atoms with Gasteiger partial charge < -0.3 is 19.8 Å². The Kier molecular flexibility index (Phi) is 2.93. The minimum atomic E-state index is -0.650. The molecule has 0 amide bonds. The minimum absolute atomic E-state index is 0.133. The van der Waals surface area contributed by atoms with E-state index in [-0.39, 0.29) is 11.6 Å². The Hall–Kier alpha value is -0.680. The van der Waals surface area contributed by atoms with E-state index in [1.54, 1.807) is 0 Å². The van der Waals surface area contributed by atoms with Gasteiger partial charge in [-0.2, -0.15) is 0 Å². The molecule has 2 spiro atoms. The predicted molar refractivity (Wildman–Crippen MR) is 79.9 cm³/mol. The Labute approximate surface area is 126 Å². The molecule has 2 fully saturated rings. The Morgan fingerprint density at radius 3 is 2.71 bits per heavy atom. The van der Waals surface area contributed by atoms with Crippen LogP contribution in [0.4, 0.5) is 0 Å². The molecule has 2 bridgehead atoms. The number of aliphatic hydroxyl groups excluding tert-OH is 2. The van der Waals surface area contributed by atoms with E-state index in [1.807, 2.05) is 19.0 Å². The molecule has 4 heteroatoms. The van der Waals surface area contributed by atoms with Crippen LogP contribution in [0.15, 0.2) is 23.3 Å². The van der Waals surface area contributed by atoms with E-state index in [4.69, 9.17) is 4.74 Å². The summed E-state index contributed by atoms with van der Waals surface area (Å²) in [5, 5.41) is 21.4. The third kappa shape index (κ3) is 1.76. The van der Waals surface area contributed by atoms with Crippen molar-refractivity contribution in [3.63, 3.8) is 0 Å². The van der Waals surface area contributed by atoms with E-state index in [2.05, 4.69) is 12.2 Å². The summed E-state index contributed by atoms with van der Waals surface area (Å²) in [5.74, 6) is 0. The summed E-state index contributed by atoms with van der Waals surface area (Å²) in [4.78, 5) is 1.93. The zero-order valence-corrected chi connectivity index (χ0v) is 12.9. The van der Waals surface area contributed by atoms with Gasteiger partial charge in [-0.3, -0.25) is 0 Å². The van der Waals surface area contributed by atoms with Gasteiger partial charge in [-0.1, -0.05) is 12.2 Å². The van der Waals surface area contributed by atoms with Crippen molar-refractivity contribution in [2.75, 3.05) is 14.1 Å². The third-order valence-corrected chi connectivity index (χ3v) is 6.01.